The number of hydrogen-bond donors (Lipinski definition) is 1. The van der Waals surface area contributed by atoms with Crippen molar-refractivity contribution in [3.8, 4) is 0 Å². The molecule has 0 bridgehead atoms. The predicted octanol–water partition coefficient (Wildman–Crippen LogP) is 2.06. The summed E-state index contributed by atoms with van der Waals surface area (Å²) in [5.41, 5.74) is 6.53. The molecular formula is C9H9ClN2O2. The van der Waals surface area contributed by atoms with Gasteiger partial charge < -0.3 is 5.73 Å². The molecule has 0 aromatic heterocycles. The van der Waals surface area contributed by atoms with Crippen molar-refractivity contribution in [3.63, 3.8) is 0 Å². The first-order valence-corrected chi connectivity index (χ1v) is 4.67. The highest BCUT2D eigenvalue weighted by Crippen LogP contribution is 2.41. The third kappa shape index (κ3) is 1.58. The molecule has 2 N–H and O–H groups in total. The third-order valence-electron chi connectivity index (χ3n) is 2.43. The van der Waals surface area contributed by atoms with Crippen molar-refractivity contribution in [1.82, 2.24) is 0 Å². The van der Waals surface area contributed by atoms with Crippen LogP contribution in [0.15, 0.2) is 18.2 Å². The minimum atomic E-state index is -0.472. The summed E-state index contributed by atoms with van der Waals surface area (Å²) in [6.07, 6.45) is 0.902. The number of benzene rings is 1. The van der Waals surface area contributed by atoms with E-state index >= 15 is 0 Å². The molecular weight excluding hydrogens is 204 g/mol. The molecule has 0 spiro atoms. The lowest BCUT2D eigenvalue weighted by Gasteiger charge is -1.99. The Morgan fingerprint density at radius 1 is 1.57 bits per heavy atom. The maximum absolute atomic E-state index is 10.6. The lowest BCUT2D eigenvalue weighted by molar-refractivity contribution is -0.384. The van der Waals surface area contributed by atoms with Crippen LogP contribution in [-0.2, 0) is 0 Å². The van der Waals surface area contributed by atoms with Crippen LogP contribution in [-0.4, -0.2) is 11.0 Å². The van der Waals surface area contributed by atoms with Crippen LogP contribution < -0.4 is 5.73 Å². The van der Waals surface area contributed by atoms with E-state index in [9.17, 15) is 10.1 Å². The van der Waals surface area contributed by atoms with E-state index in [0.29, 0.717) is 0 Å². The van der Waals surface area contributed by atoms with Gasteiger partial charge in [-0.25, -0.2) is 0 Å². The standard InChI is InChI=1S/C9H9ClN2O2/c10-7-2-1-5(6-4-8(6)11)3-9(7)12(13)14/h1-3,6,8H,4,11H2. The summed E-state index contributed by atoms with van der Waals surface area (Å²) in [4.78, 5) is 10.1. The van der Waals surface area contributed by atoms with Gasteiger partial charge in [-0.2, -0.15) is 0 Å². The molecule has 14 heavy (non-hydrogen) atoms. The van der Waals surface area contributed by atoms with Crippen molar-refractivity contribution >= 4 is 17.3 Å². The Bertz CT molecular complexity index is 394. The summed E-state index contributed by atoms with van der Waals surface area (Å²) in [5, 5.41) is 10.8. The van der Waals surface area contributed by atoms with Crippen LogP contribution in [0, 0.1) is 10.1 Å². The Morgan fingerprint density at radius 3 is 2.71 bits per heavy atom. The van der Waals surface area contributed by atoms with Crippen LogP contribution in [0.2, 0.25) is 5.02 Å². The molecule has 0 saturated heterocycles. The van der Waals surface area contributed by atoms with Crippen molar-refractivity contribution in [3.05, 3.63) is 38.9 Å². The van der Waals surface area contributed by atoms with Gasteiger partial charge in [-0.3, -0.25) is 10.1 Å². The Labute approximate surface area is 85.8 Å². The zero-order chi connectivity index (χ0) is 10.3. The molecule has 1 aliphatic carbocycles. The van der Waals surface area contributed by atoms with E-state index in [-0.39, 0.29) is 22.7 Å². The van der Waals surface area contributed by atoms with Crippen LogP contribution in [0.4, 0.5) is 5.69 Å². The average Bonchev–Trinajstić information content (AvgIpc) is 2.83. The number of halogens is 1. The van der Waals surface area contributed by atoms with E-state index in [4.69, 9.17) is 17.3 Å². The molecule has 4 nitrogen and oxygen atoms in total. The Kier molecular flexibility index (Phi) is 2.17. The summed E-state index contributed by atoms with van der Waals surface area (Å²) in [5.74, 6) is 0.269. The fourth-order valence-electron chi connectivity index (χ4n) is 1.50. The van der Waals surface area contributed by atoms with Crippen LogP contribution >= 0.6 is 11.6 Å². The topological polar surface area (TPSA) is 69.2 Å². The maximum atomic E-state index is 10.6. The van der Waals surface area contributed by atoms with E-state index in [2.05, 4.69) is 0 Å². The predicted molar refractivity (Wildman–Crippen MR) is 53.4 cm³/mol. The summed E-state index contributed by atoms with van der Waals surface area (Å²) in [6, 6.07) is 5.02. The first-order valence-electron chi connectivity index (χ1n) is 4.29. The van der Waals surface area contributed by atoms with Crippen molar-refractivity contribution in [1.29, 1.82) is 0 Å². The molecule has 5 heteroatoms. The van der Waals surface area contributed by atoms with Crippen molar-refractivity contribution in [2.45, 2.75) is 18.4 Å². The second-order valence-electron chi connectivity index (χ2n) is 3.47. The molecule has 1 aliphatic rings. The van der Waals surface area contributed by atoms with E-state index in [1.807, 2.05) is 0 Å². The van der Waals surface area contributed by atoms with Gasteiger partial charge in [0.15, 0.2) is 0 Å². The van der Waals surface area contributed by atoms with Crippen molar-refractivity contribution in [2.75, 3.05) is 0 Å². The van der Waals surface area contributed by atoms with Crippen LogP contribution in [0.25, 0.3) is 0 Å². The van der Waals surface area contributed by atoms with Gasteiger partial charge in [0.1, 0.15) is 5.02 Å². The highest BCUT2D eigenvalue weighted by Gasteiger charge is 2.35. The van der Waals surface area contributed by atoms with Crippen molar-refractivity contribution < 1.29 is 4.92 Å². The molecule has 0 amide bonds. The largest absolute Gasteiger partial charge is 0.327 e. The van der Waals surface area contributed by atoms with Crippen molar-refractivity contribution in [2.24, 2.45) is 5.73 Å². The number of nitro benzene ring substituents is 1. The quantitative estimate of drug-likeness (QED) is 0.603. The van der Waals surface area contributed by atoms with E-state index < -0.39 is 4.92 Å². The molecule has 2 rings (SSSR count). The molecule has 74 valence electrons. The summed E-state index contributed by atoms with van der Waals surface area (Å²) in [6.45, 7) is 0. The second kappa shape index (κ2) is 3.22. The van der Waals surface area contributed by atoms with Gasteiger partial charge in [0.2, 0.25) is 0 Å². The molecule has 1 fully saturated rings. The molecule has 2 atom stereocenters. The Balaban J connectivity index is 2.36. The highest BCUT2D eigenvalue weighted by molar-refractivity contribution is 6.32. The van der Waals surface area contributed by atoms with Gasteiger partial charge in [0.25, 0.3) is 5.69 Å². The Morgan fingerprint density at radius 2 is 2.21 bits per heavy atom. The third-order valence-corrected chi connectivity index (χ3v) is 2.75. The normalized spacial score (nSPS) is 24.7. The first-order chi connectivity index (χ1) is 6.59. The lowest BCUT2D eigenvalue weighted by Crippen LogP contribution is -2.01. The van der Waals surface area contributed by atoms with E-state index in [1.54, 1.807) is 12.1 Å². The number of hydrogen-bond acceptors (Lipinski definition) is 3. The summed E-state index contributed by atoms with van der Waals surface area (Å²) < 4.78 is 0. The zero-order valence-corrected chi connectivity index (χ0v) is 8.07. The molecule has 1 saturated carbocycles. The van der Waals surface area contributed by atoms with Gasteiger partial charge in [-0.05, 0) is 18.1 Å². The lowest BCUT2D eigenvalue weighted by atomic mass is 10.1. The fourth-order valence-corrected chi connectivity index (χ4v) is 1.68. The molecule has 1 aromatic carbocycles. The van der Waals surface area contributed by atoms with Gasteiger partial charge in [-0.15, -0.1) is 0 Å². The molecule has 1 aromatic rings. The highest BCUT2D eigenvalue weighted by atomic mass is 35.5. The second-order valence-corrected chi connectivity index (χ2v) is 3.88. The summed E-state index contributed by atoms with van der Waals surface area (Å²) >= 11 is 5.68. The average molecular weight is 213 g/mol. The van der Waals surface area contributed by atoms with E-state index in [0.717, 1.165) is 12.0 Å². The SMILES string of the molecule is NC1CC1c1ccc(Cl)c([N+](=O)[O-])c1. The van der Waals surface area contributed by atoms with Crippen LogP contribution in [0.1, 0.15) is 17.9 Å². The maximum Gasteiger partial charge on any atom is 0.288 e. The fraction of sp³-hybridized carbons (Fsp3) is 0.333. The van der Waals surface area contributed by atoms with Crippen LogP contribution in [0.3, 0.4) is 0 Å². The van der Waals surface area contributed by atoms with Crippen LogP contribution in [0.5, 0.6) is 0 Å². The summed E-state index contributed by atoms with van der Waals surface area (Å²) in [7, 11) is 0. The smallest absolute Gasteiger partial charge is 0.288 e. The van der Waals surface area contributed by atoms with Gasteiger partial charge in [0.05, 0.1) is 4.92 Å². The van der Waals surface area contributed by atoms with Gasteiger partial charge in [0, 0.05) is 18.0 Å². The minimum Gasteiger partial charge on any atom is -0.327 e. The monoisotopic (exact) mass is 212 g/mol. The first kappa shape index (κ1) is 9.43. The number of nitrogens with zero attached hydrogens (tertiary/aromatic N) is 1. The minimum absolute atomic E-state index is 0.0386. The molecule has 0 aliphatic heterocycles. The van der Waals surface area contributed by atoms with Gasteiger partial charge in [-0.1, -0.05) is 17.7 Å². The number of rotatable bonds is 2. The zero-order valence-electron chi connectivity index (χ0n) is 7.31. The number of nitrogens with two attached hydrogens (primary N) is 1. The van der Waals surface area contributed by atoms with E-state index in [1.165, 1.54) is 6.07 Å². The molecule has 0 radical (unpaired) electrons. The molecule has 2 unspecified atom stereocenters. The van der Waals surface area contributed by atoms with Gasteiger partial charge >= 0.3 is 0 Å². The number of nitro groups is 1. The Hall–Kier alpha value is -1.13. The molecule has 0 heterocycles.